The highest BCUT2D eigenvalue weighted by molar-refractivity contribution is 5.95. The molecule has 4 N–H and O–H groups in total. The molecule has 0 radical (unpaired) electrons. The molecule has 9 nitrogen and oxygen atoms in total. The number of allylic oxidation sites excluding steroid dienone is 1. The monoisotopic (exact) mass is 286 g/mol. The Hall–Kier alpha value is -3.41. The lowest BCUT2D eigenvalue weighted by Crippen LogP contribution is -2.03. The quantitative estimate of drug-likeness (QED) is 0.478. The lowest BCUT2D eigenvalue weighted by Gasteiger charge is -2.09. The highest BCUT2D eigenvalue weighted by Gasteiger charge is 2.13. The fraction of sp³-hybridized carbons (Fsp3) is 0.0833. The Kier molecular flexibility index (Phi) is 3.80. The number of aromatic carboxylic acids is 1. The van der Waals surface area contributed by atoms with Crippen molar-refractivity contribution < 1.29 is 15.0 Å². The SMILES string of the molecule is Cc1cc(NC=C(C#N)c2nn[nH]n2)c(C(=O)O)cc1O. The van der Waals surface area contributed by atoms with E-state index in [2.05, 4.69) is 25.9 Å². The first kappa shape index (κ1) is 14.0. The molecule has 2 aromatic rings. The second kappa shape index (κ2) is 5.70. The van der Waals surface area contributed by atoms with Crippen molar-refractivity contribution in [2.24, 2.45) is 0 Å². The number of nitriles is 1. The first-order chi connectivity index (χ1) is 10.0. The number of anilines is 1. The molecule has 1 heterocycles. The third-order valence-corrected chi connectivity index (χ3v) is 2.65. The van der Waals surface area contributed by atoms with Gasteiger partial charge in [0, 0.05) is 6.20 Å². The maximum absolute atomic E-state index is 11.2. The number of aromatic hydroxyl groups is 1. The van der Waals surface area contributed by atoms with E-state index in [0.717, 1.165) is 6.07 Å². The fourth-order valence-corrected chi connectivity index (χ4v) is 1.57. The summed E-state index contributed by atoms with van der Waals surface area (Å²) in [5.41, 5.74) is 0.675. The Morgan fingerprint density at radius 1 is 1.52 bits per heavy atom. The molecular weight excluding hydrogens is 276 g/mol. The molecule has 106 valence electrons. The summed E-state index contributed by atoms with van der Waals surface area (Å²) < 4.78 is 0. The largest absolute Gasteiger partial charge is 0.508 e. The van der Waals surface area contributed by atoms with Crippen molar-refractivity contribution in [3.05, 3.63) is 35.3 Å². The minimum atomic E-state index is -1.21. The Morgan fingerprint density at radius 3 is 2.86 bits per heavy atom. The number of rotatable bonds is 4. The molecular formula is C12H10N6O3. The molecule has 0 aliphatic rings. The molecule has 1 aromatic carbocycles. The van der Waals surface area contributed by atoms with Gasteiger partial charge in [0.15, 0.2) is 0 Å². The molecule has 0 atom stereocenters. The van der Waals surface area contributed by atoms with Crippen molar-refractivity contribution in [3.8, 4) is 11.8 Å². The van der Waals surface area contributed by atoms with Gasteiger partial charge in [-0.15, -0.1) is 10.2 Å². The first-order valence-corrected chi connectivity index (χ1v) is 5.70. The van der Waals surface area contributed by atoms with E-state index < -0.39 is 5.97 Å². The summed E-state index contributed by atoms with van der Waals surface area (Å²) in [5, 5.41) is 43.2. The maximum atomic E-state index is 11.2. The molecule has 0 unspecified atom stereocenters. The number of benzene rings is 1. The van der Waals surface area contributed by atoms with Crippen molar-refractivity contribution in [1.82, 2.24) is 20.6 Å². The van der Waals surface area contributed by atoms with E-state index in [1.807, 2.05) is 6.07 Å². The summed E-state index contributed by atoms with van der Waals surface area (Å²) in [6.45, 7) is 1.63. The van der Waals surface area contributed by atoms with Crippen LogP contribution in [0.4, 0.5) is 5.69 Å². The summed E-state index contributed by atoms with van der Waals surface area (Å²) in [6.07, 6.45) is 1.27. The summed E-state index contributed by atoms with van der Waals surface area (Å²) >= 11 is 0. The van der Waals surface area contributed by atoms with Gasteiger partial charge in [0.05, 0.1) is 11.3 Å². The van der Waals surface area contributed by atoms with E-state index in [-0.39, 0.29) is 28.4 Å². The van der Waals surface area contributed by atoms with Crippen molar-refractivity contribution in [1.29, 1.82) is 5.26 Å². The maximum Gasteiger partial charge on any atom is 0.337 e. The number of phenols is 1. The lowest BCUT2D eigenvalue weighted by molar-refractivity contribution is 0.0697. The molecule has 9 heteroatoms. The van der Waals surface area contributed by atoms with Crippen LogP contribution in [0.1, 0.15) is 21.7 Å². The van der Waals surface area contributed by atoms with E-state index in [1.165, 1.54) is 12.3 Å². The van der Waals surface area contributed by atoms with Crippen LogP contribution in [0.3, 0.4) is 0 Å². The van der Waals surface area contributed by atoms with Crippen LogP contribution in [0.5, 0.6) is 5.75 Å². The van der Waals surface area contributed by atoms with Crippen LogP contribution in [0.25, 0.3) is 5.57 Å². The van der Waals surface area contributed by atoms with Crippen molar-refractivity contribution in [2.45, 2.75) is 6.92 Å². The average Bonchev–Trinajstić information content (AvgIpc) is 2.96. The van der Waals surface area contributed by atoms with E-state index >= 15 is 0 Å². The number of carboxylic acid groups (broad SMARTS) is 1. The molecule has 0 saturated heterocycles. The molecule has 0 bridgehead atoms. The van der Waals surface area contributed by atoms with Crippen molar-refractivity contribution in [2.75, 3.05) is 5.32 Å². The Labute approximate surface area is 118 Å². The third kappa shape index (κ3) is 2.95. The highest BCUT2D eigenvalue weighted by atomic mass is 16.4. The zero-order valence-corrected chi connectivity index (χ0v) is 10.8. The van der Waals surface area contributed by atoms with Crippen LogP contribution >= 0.6 is 0 Å². The Balaban J connectivity index is 2.38. The number of aromatic amines is 1. The number of nitrogens with one attached hydrogen (secondary N) is 2. The van der Waals surface area contributed by atoms with E-state index in [0.29, 0.717) is 5.56 Å². The molecule has 0 aliphatic heterocycles. The minimum absolute atomic E-state index is 0.0748. The summed E-state index contributed by atoms with van der Waals surface area (Å²) in [4.78, 5) is 11.2. The lowest BCUT2D eigenvalue weighted by atomic mass is 10.1. The summed E-state index contributed by atoms with van der Waals surface area (Å²) in [5.74, 6) is -1.25. The molecule has 1 aromatic heterocycles. The zero-order valence-electron chi connectivity index (χ0n) is 10.8. The van der Waals surface area contributed by atoms with Gasteiger partial charge in [-0.1, -0.05) is 0 Å². The van der Waals surface area contributed by atoms with Crippen LogP contribution in [-0.2, 0) is 0 Å². The molecule has 2 rings (SSSR count). The van der Waals surface area contributed by atoms with Crippen LogP contribution in [0, 0.1) is 18.3 Å². The van der Waals surface area contributed by atoms with E-state index in [9.17, 15) is 9.90 Å². The average molecular weight is 286 g/mol. The molecule has 21 heavy (non-hydrogen) atoms. The van der Waals surface area contributed by atoms with Crippen LogP contribution < -0.4 is 5.32 Å². The second-order valence-corrected chi connectivity index (χ2v) is 4.04. The van der Waals surface area contributed by atoms with Gasteiger partial charge in [-0.2, -0.15) is 10.5 Å². The third-order valence-electron chi connectivity index (χ3n) is 2.65. The summed E-state index contributed by atoms with van der Waals surface area (Å²) in [7, 11) is 0. The number of H-pyrrole nitrogens is 1. The number of carboxylic acids is 1. The molecule has 0 aliphatic carbocycles. The normalized spacial score (nSPS) is 11.0. The smallest absolute Gasteiger partial charge is 0.337 e. The van der Waals surface area contributed by atoms with Gasteiger partial charge in [-0.3, -0.25) is 0 Å². The van der Waals surface area contributed by atoms with Gasteiger partial charge in [0.25, 0.3) is 0 Å². The molecule has 0 saturated carbocycles. The predicted octanol–water partition coefficient (Wildman–Crippen LogP) is 0.888. The summed E-state index contributed by atoms with van der Waals surface area (Å²) in [6, 6.07) is 4.46. The number of carbonyl (C=O) groups is 1. The highest BCUT2D eigenvalue weighted by Crippen LogP contribution is 2.26. The van der Waals surface area contributed by atoms with Crippen LogP contribution in [0.2, 0.25) is 0 Å². The van der Waals surface area contributed by atoms with Gasteiger partial charge in [-0.25, -0.2) is 4.79 Å². The van der Waals surface area contributed by atoms with E-state index in [4.69, 9.17) is 10.4 Å². The van der Waals surface area contributed by atoms with Gasteiger partial charge in [0.2, 0.25) is 5.82 Å². The van der Waals surface area contributed by atoms with Crippen molar-refractivity contribution >= 4 is 17.2 Å². The van der Waals surface area contributed by atoms with Crippen molar-refractivity contribution in [3.63, 3.8) is 0 Å². The predicted molar refractivity (Wildman–Crippen MR) is 71.2 cm³/mol. The fourth-order valence-electron chi connectivity index (χ4n) is 1.57. The minimum Gasteiger partial charge on any atom is -0.508 e. The number of nitrogens with zero attached hydrogens (tertiary/aromatic N) is 4. The van der Waals surface area contributed by atoms with Gasteiger partial charge in [-0.05, 0) is 29.8 Å². The van der Waals surface area contributed by atoms with Gasteiger partial charge >= 0.3 is 5.97 Å². The number of hydrogen-bond acceptors (Lipinski definition) is 7. The Bertz CT molecular complexity index is 745. The number of hydrogen-bond donors (Lipinski definition) is 4. The molecule has 0 amide bonds. The number of aryl methyl sites for hydroxylation is 1. The van der Waals surface area contributed by atoms with Gasteiger partial charge < -0.3 is 15.5 Å². The van der Waals surface area contributed by atoms with Crippen LogP contribution in [-0.4, -0.2) is 36.8 Å². The van der Waals surface area contributed by atoms with Gasteiger partial charge in [0.1, 0.15) is 17.4 Å². The number of tetrazole rings is 1. The Morgan fingerprint density at radius 2 is 2.29 bits per heavy atom. The number of aromatic nitrogens is 4. The second-order valence-electron chi connectivity index (χ2n) is 4.04. The molecule has 0 fully saturated rings. The standard InChI is InChI=1S/C12H10N6O3/c1-6-2-9(8(12(20)21)3-10(6)19)14-5-7(4-13)11-15-17-18-16-11/h2-3,5,14,19H,1H3,(H,20,21)(H,15,16,17,18). The van der Waals surface area contributed by atoms with Crippen LogP contribution in [0.15, 0.2) is 18.3 Å². The topological polar surface area (TPSA) is 148 Å². The molecule has 0 spiro atoms. The first-order valence-electron chi connectivity index (χ1n) is 5.70. The zero-order chi connectivity index (χ0) is 15.4. The van der Waals surface area contributed by atoms with E-state index in [1.54, 1.807) is 6.92 Å². The number of phenolic OH excluding ortho intramolecular Hbond substituents is 1.